The van der Waals surface area contributed by atoms with E-state index in [1.807, 2.05) is 0 Å². The van der Waals surface area contributed by atoms with E-state index in [-0.39, 0.29) is 27.4 Å². The van der Waals surface area contributed by atoms with Gasteiger partial charge < -0.3 is 10.6 Å². The van der Waals surface area contributed by atoms with Gasteiger partial charge in [0, 0.05) is 22.5 Å². The standard InChI is InChI=1S/C25H21N3O6S2/c29-25(26-18-9-3-1-4-10-18)27-23-14-8-7-13-21(23)22-17-19(15-16-24(22)36(32,33)34)28-35(30,31)20-11-5-2-6-12-20/h1-17,28H,(H2,26,27,29)(H,32,33,34). The molecule has 4 rings (SSSR count). The summed E-state index contributed by atoms with van der Waals surface area (Å²) in [6.45, 7) is 0. The molecule has 4 aromatic carbocycles. The van der Waals surface area contributed by atoms with Crippen LogP contribution in [0.1, 0.15) is 0 Å². The predicted octanol–water partition coefficient (Wildman–Crippen LogP) is 5.05. The maximum atomic E-state index is 12.8. The van der Waals surface area contributed by atoms with Gasteiger partial charge in [0.15, 0.2) is 0 Å². The fraction of sp³-hybridized carbons (Fsp3) is 0. The lowest BCUT2D eigenvalue weighted by molar-refractivity contribution is 0.262. The molecule has 2 amide bonds. The van der Waals surface area contributed by atoms with Gasteiger partial charge in [-0.2, -0.15) is 8.42 Å². The Hall–Kier alpha value is -4.19. The maximum absolute atomic E-state index is 12.8. The number of hydrogen-bond acceptors (Lipinski definition) is 5. The van der Waals surface area contributed by atoms with Gasteiger partial charge in [0.05, 0.1) is 10.6 Å². The fourth-order valence-electron chi connectivity index (χ4n) is 3.48. The number of urea groups is 1. The van der Waals surface area contributed by atoms with E-state index in [1.165, 1.54) is 30.3 Å². The first-order valence-corrected chi connectivity index (χ1v) is 13.5. The van der Waals surface area contributed by atoms with Crippen LogP contribution in [0.4, 0.5) is 21.9 Å². The molecule has 0 unspecified atom stereocenters. The van der Waals surface area contributed by atoms with Crippen molar-refractivity contribution in [2.45, 2.75) is 9.79 Å². The largest absolute Gasteiger partial charge is 0.323 e. The molecule has 9 nitrogen and oxygen atoms in total. The van der Waals surface area contributed by atoms with Gasteiger partial charge in [0.1, 0.15) is 4.90 Å². The molecule has 0 atom stereocenters. The Morgan fingerprint density at radius 3 is 1.92 bits per heavy atom. The monoisotopic (exact) mass is 523 g/mol. The zero-order valence-electron chi connectivity index (χ0n) is 18.6. The van der Waals surface area contributed by atoms with E-state index >= 15 is 0 Å². The third kappa shape index (κ3) is 5.89. The molecule has 0 aliphatic carbocycles. The van der Waals surface area contributed by atoms with E-state index in [1.54, 1.807) is 66.7 Å². The Morgan fingerprint density at radius 2 is 1.25 bits per heavy atom. The van der Waals surface area contributed by atoms with Gasteiger partial charge in [-0.05, 0) is 48.5 Å². The predicted molar refractivity (Wildman–Crippen MR) is 138 cm³/mol. The molecule has 4 aromatic rings. The van der Waals surface area contributed by atoms with Crippen molar-refractivity contribution in [3.63, 3.8) is 0 Å². The van der Waals surface area contributed by atoms with E-state index in [0.717, 1.165) is 6.07 Å². The number of sulfonamides is 1. The number of anilines is 3. The Kier molecular flexibility index (Phi) is 7.06. The Morgan fingerprint density at radius 1 is 0.639 bits per heavy atom. The molecule has 0 radical (unpaired) electrons. The molecule has 11 heteroatoms. The number of carbonyl (C=O) groups is 1. The molecule has 0 aliphatic rings. The number of nitrogens with one attached hydrogen (secondary N) is 3. The summed E-state index contributed by atoms with van der Waals surface area (Å²) >= 11 is 0. The van der Waals surface area contributed by atoms with Crippen molar-refractivity contribution in [2.24, 2.45) is 0 Å². The first-order valence-electron chi connectivity index (χ1n) is 10.6. The average Bonchev–Trinajstić information content (AvgIpc) is 2.84. The maximum Gasteiger partial charge on any atom is 0.323 e. The molecule has 36 heavy (non-hydrogen) atoms. The van der Waals surface area contributed by atoms with E-state index in [4.69, 9.17) is 0 Å². The zero-order valence-corrected chi connectivity index (χ0v) is 20.3. The third-order valence-electron chi connectivity index (χ3n) is 5.06. The molecule has 4 N–H and O–H groups in total. The van der Waals surface area contributed by atoms with E-state index in [9.17, 15) is 26.2 Å². The molecule has 0 heterocycles. The molecule has 0 aromatic heterocycles. The minimum atomic E-state index is -4.69. The van der Waals surface area contributed by atoms with Crippen molar-refractivity contribution in [3.05, 3.63) is 103 Å². The van der Waals surface area contributed by atoms with Crippen LogP contribution in [0, 0.1) is 0 Å². The summed E-state index contributed by atoms with van der Waals surface area (Å²) in [7, 11) is -8.66. The Bertz CT molecular complexity index is 1610. The van der Waals surface area contributed by atoms with Gasteiger partial charge in [-0.3, -0.25) is 9.27 Å². The number of rotatable bonds is 7. The van der Waals surface area contributed by atoms with Crippen LogP contribution < -0.4 is 15.4 Å². The average molecular weight is 524 g/mol. The summed E-state index contributed by atoms with van der Waals surface area (Å²) in [5.74, 6) is 0. The lowest BCUT2D eigenvalue weighted by Gasteiger charge is -2.16. The van der Waals surface area contributed by atoms with Crippen molar-refractivity contribution >= 4 is 43.2 Å². The lowest BCUT2D eigenvalue weighted by atomic mass is 10.0. The highest BCUT2D eigenvalue weighted by Gasteiger charge is 2.22. The van der Waals surface area contributed by atoms with Crippen LogP contribution in [0.3, 0.4) is 0 Å². The third-order valence-corrected chi connectivity index (χ3v) is 7.37. The van der Waals surface area contributed by atoms with Crippen molar-refractivity contribution < 1.29 is 26.2 Å². The Labute approximate surface area is 208 Å². The first-order chi connectivity index (χ1) is 17.1. The molecular formula is C25H21N3O6S2. The molecule has 0 saturated carbocycles. The van der Waals surface area contributed by atoms with Crippen LogP contribution in [0.5, 0.6) is 0 Å². The van der Waals surface area contributed by atoms with Crippen LogP contribution in [-0.4, -0.2) is 27.4 Å². The zero-order chi connectivity index (χ0) is 25.8. The molecule has 0 aliphatic heterocycles. The lowest BCUT2D eigenvalue weighted by Crippen LogP contribution is -2.20. The highest BCUT2D eigenvalue weighted by molar-refractivity contribution is 7.92. The summed E-state index contributed by atoms with van der Waals surface area (Å²) in [5.41, 5.74) is 1.07. The number of benzene rings is 4. The number of para-hydroxylation sites is 2. The highest BCUT2D eigenvalue weighted by Crippen LogP contribution is 2.35. The molecule has 0 fully saturated rings. The fourth-order valence-corrected chi connectivity index (χ4v) is 5.23. The minimum Gasteiger partial charge on any atom is -0.308 e. The minimum absolute atomic E-state index is 0.0126. The number of amides is 2. The van der Waals surface area contributed by atoms with Gasteiger partial charge >= 0.3 is 6.03 Å². The van der Waals surface area contributed by atoms with Gasteiger partial charge in [0.2, 0.25) is 0 Å². The molecule has 0 saturated heterocycles. The van der Waals surface area contributed by atoms with Crippen LogP contribution in [0.15, 0.2) is 113 Å². The van der Waals surface area contributed by atoms with Gasteiger partial charge in [-0.15, -0.1) is 0 Å². The molecule has 184 valence electrons. The van der Waals surface area contributed by atoms with Gasteiger partial charge in [-0.25, -0.2) is 13.2 Å². The van der Waals surface area contributed by atoms with E-state index in [0.29, 0.717) is 5.69 Å². The Balaban J connectivity index is 1.73. The van der Waals surface area contributed by atoms with Crippen LogP contribution >= 0.6 is 0 Å². The second-order valence-electron chi connectivity index (χ2n) is 7.60. The molecule has 0 bridgehead atoms. The SMILES string of the molecule is O=C(Nc1ccccc1)Nc1ccccc1-c1cc(NS(=O)(=O)c2ccccc2)ccc1S(=O)(=O)O. The van der Waals surface area contributed by atoms with Crippen molar-refractivity contribution in [3.8, 4) is 11.1 Å². The van der Waals surface area contributed by atoms with E-state index < -0.39 is 31.1 Å². The normalized spacial score (nSPS) is 11.5. The smallest absolute Gasteiger partial charge is 0.308 e. The quantitative estimate of drug-likeness (QED) is 0.250. The van der Waals surface area contributed by atoms with Crippen LogP contribution in [0.2, 0.25) is 0 Å². The highest BCUT2D eigenvalue weighted by atomic mass is 32.2. The van der Waals surface area contributed by atoms with Gasteiger partial charge in [0.25, 0.3) is 20.1 Å². The first kappa shape index (κ1) is 24.9. The molecule has 0 spiro atoms. The van der Waals surface area contributed by atoms with Crippen LogP contribution in [-0.2, 0) is 20.1 Å². The van der Waals surface area contributed by atoms with Crippen molar-refractivity contribution in [1.29, 1.82) is 0 Å². The topological polar surface area (TPSA) is 142 Å². The summed E-state index contributed by atoms with van der Waals surface area (Å²) in [6.07, 6.45) is 0. The number of carbonyl (C=O) groups excluding carboxylic acids is 1. The van der Waals surface area contributed by atoms with E-state index in [2.05, 4.69) is 15.4 Å². The van der Waals surface area contributed by atoms with Crippen molar-refractivity contribution in [1.82, 2.24) is 0 Å². The second-order valence-corrected chi connectivity index (χ2v) is 10.7. The summed E-state index contributed by atoms with van der Waals surface area (Å²) in [6, 6.07) is 25.7. The number of hydrogen-bond donors (Lipinski definition) is 4. The van der Waals surface area contributed by atoms with Crippen molar-refractivity contribution in [2.75, 3.05) is 15.4 Å². The summed E-state index contributed by atoms with van der Waals surface area (Å²) in [5, 5.41) is 5.33. The summed E-state index contributed by atoms with van der Waals surface area (Å²) < 4.78 is 62.1. The van der Waals surface area contributed by atoms with Crippen LogP contribution in [0.25, 0.3) is 11.1 Å². The second kappa shape index (κ2) is 10.2. The summed E-state index contributed by atoms with van der Waals surface area (Å²) in [4.78, 5) is 12.1. The van der Waals surface area contributed by atoms with Gasteiger partial charge in [-0.1, -0.05) is 54.6 Å². The molecular weight excluding hydrogens is 502 g/mol.